The maximum Gasteiger partial charge on any atom is 0.271 e. The number of nitrogens with zero attached hydrogens (tertiary/aromatic N) is 6. The van der Waals surface area contributed by atoms with Gasteiger partial charge in [-0.1, -0.05) is 48.2 Å². The van der Waals surface area contributed by atoms with Crippen LogP contribution in [0.1, 0.15) is 28.4 Å². The topological polar surface area (TPSA) is 114 Å². The number of nitrogens with one attached hydrogen (secondary N) is 2. The van der Waals surface area contributed by atoms with Crippen LogP contribution in [0.4, 0.5) is 0 Å². The van der Waals surface area contributed by atoms with Gasteiger partial charge in [0.05, 0.1) is 22.4 Å². The van der Waals surface area contributed by atoms with E-state index in [-0.39, 0.29) is 5.91 Å². The number of H-pyrrole nitrogens is 1. The van der Waals surface area contributed by atoms with Crippen LogP contribution in [0.2, 0.25) is 0 Å². The molecule has 0 saturated heterocycles. The smallest absolute Gasteiger partial charge is 0.271 e. The Hall–Kier alpha value is -4.31. The minimum atomic E-state index is -0.271. The summed E-state index contributed by atoms with van der Waals surface area (Å²) < 4.78 is 1.56. The first-order valence-corrected chi connectivity index (χ1v) is 11.5. The van der Waals surface area contributed by atoms with Crippen LogP contribution in [0.5, 0.6) is 0 Å². The second-order valence-corrected chi connectivity index (χ2v) is 8.45. The number of tetrazole rings is 1. The van der Waals surface area contributed by atoms with E-state index in [9.17, 15) is 4.79 Å². The van der Waals surface area contributed by atoms with E-state index in [0.717, 1.165) is 38.8 Å². The highest BCUT2D eigenvalue weighted by Gasteiger charge is 2.08. The zero-order valence-electron chi connectivity index (χ0n) is 18.2. The summed E-state index contributed by atoms with van der Waals surface area (Å²) in [7, 11) is 0. The van der Waals surface area contributed by atoms with Crippen LogP contribution in [0.3, 0.4) is 0 Å². The minimum absolute atomic E-state index is 0.271. The number of hydrazone groups is 1. The van der Waals surface area contributed by atoms with Gasteiger partial charge >= 0.3 is 0 Å². The van der Waals surface area contributed by atoms with Crippen LogP contribution in [0, 0.1) is 0 Å². The lowest BCUT2D eigenvalue weighted by Gasteiger charge is -2.06. The van der Waals surface area contributed by atoms with Gasteiger partial charge < -0.3 is 4.98 Å². The largest absolute Gasteiger partial charge is 0.333 e. The van der Waals surface area contributed by atoms with Gasteiger partial charge in [-0.25, -0.2) is 15.1 Å². The molecule has 2 N–H and O–H groups in total. The molecule has 34 heavy (non-hydrogen) atoms. The molecule has 0 bridgehead atoms. The molecule has 9 nitrogen and oxygen atoms in total. The number of fused-ring (bicyclic) bond motifs is 1. The number of imidazole rings is 1. The third-order valence-corrected chi connectivity index (χ3v) is 6.11. The van der Waals surface area contributed by atoms with Crippen LogP contribution in [-0.4, -0.2) is 41.8 Å². The SMILES string of the molecule is C/C(=N\NC(=O)c1ccc(CSc2nc3ccccc3[nH]2)cc1)c1cccc(-n2cnnn2)c1. The van der Waals surface area contributed by atoms with Crippen molar-refractivity contribution in [3.8, 4) is 5.69 Å². The van der Waals surface area contributed by atoms with Crippen molar-refractivity contribution in [3.63, 3.8) is 0 Å². The summed E-state index contributed by atoms with van der Waals surface area (Å²) in [6.07, 6.45) is 1.52. The molecule has 10 heteroatoms. The maximum absolute atomic E-state index is 12.6. The van der Waals surface area contributed by atoms with Gasteiger partial charge in [0.25, 0.3) is 5.91 Å². The fraction of sp³-hybridized carbons (Fsp3) is 0.0833. The summed E-state index contributed by atoms with van der Waals surface area (Å²) in [5, 5.41) is 16.3. The summed E-state index contributed by atoms with van der Waals surface area (Å²) in [6, 6.07) is 23.0. The van der Waals surface area contributed by atoms with Gasteiger partial charge in [0.15, 0.2) is 5.16 Å². The summed E-state index contributed by atoms with van der Waals surface area (Å²) >= 11 is 1.62. The van der Waals surface area contributed by atoms with Gasteiger partial charge in [0.2, 0.25) is 0 Å². The van der Waals surface area contributed by atoms with Crippen molar-refractivity contribution >= 4 is 34.4 Å². The molecule has 5 rings (SSSR count). The molecule has 3 aromatic carbocycles. The third kappa shape index (κ3) is 4.86. The normalized spacial score (nSPS) is 11.6. The first-order chi connectivity index (χ1) is 16.7. The third-order valence-electron chi connectivity index (χ3n) is 5.16. The number of hydrogen-bond acceptors (Lipinski definition) is 7. The number of aromatic nitrogens is 6. The zero-order valence-corrected chi connectivity index (χ0v) is 19.0. The van der Waals surface area contributed by atoms with Crippen molar-refractivity contribution in [2.45, 2.75) is 17.8 Å². The Morgan fingerprint density at radius 1 is 1.06 bits per heavy atom. The summed E-state index contributed by atoms with van der Waals surface area (Å²) in [6.45, 7) is 1.83. The lowest BCUT2D eigenvalue weighted by molar-refractivity contribution is 0.0955. The molecule has 0 atom stereocenters. The van der Waals surface area contributed by atoms with Gasteiger partial charge in [0.1, 0.15) is 6.33 Å². The Labute approximate surface area is 199 Å². The van der Waals surface area contributed by atoms with Gasteiger partial charge in [-0.3, -0.25) is 4.79 Å². The quantitative estimate of drug-likeness (QED) is 0.212. The van der Waals surface area contributed by atoms with Crippen molar-refractivity contribution < 1.29 is 4.79 Å². The van der Waals surface area contributed by atoms with E-state index in [4.69, 9.17) is 0 Å². The van der Waals surface area contributed by atoms with Crippen LogP contribution in [0.25, 0.3) is 16.7 Å². The molecular formula is C24H20N8OS. The standard InChI is InChI=1S/C24H20N8OS/c1-16(19-5-4-6-20(13-19)32-15-25-30-31-32)28-29-23(33)18-11-9-17(10-12-18)14-34-24-26-21-7-2-3-8-22(21)27-24/h2-13,15H,14H2,1H3,(H,26,27)(H,29,33)/b28-16+. The Morgan fingerprint density at radius 3 is 2.71 bits per heavy atom. The molecule has 168 valence electrons. The predicted molar refractivity (Wildman–Crippen MR) is 131 cm³/mol. The number of amides is 1. The average molecular weight is 469 g/mol. The van der Waals surface area contributed by atoms with Gasteiger partial charge in [-0.05, 0) is 64.9 Å². The highest BCUT2D eigenvalue weighted by Crippen LogP contribution is 2.23. The first kappa shape index (κ1) is 21.5. The second-order valence-electron chi connectivity index (χ2n) is 7.49. The Balaban J connectivity index is 1.19. The van der Waals surface area contributed by atoms with Crippen LogP contribution in [0.15, 0.2) is 89.4 Å². The first-order valence-electron chi connectivity index (χ1n) is 10.5. The number of para-hydroxylation sites is 2. The Morgan fingerprint density at radius 2 is 1.91 bits per heavy atom. The van der Waals surface area contributed by atoms with Gasteiger partial charge in [-0.15, -0.1) is 5.10 Å². The van der Waals surface area contributed by atoms with Crippen molar-refractivity contribution in [3.05, 3.63) is 95.8 Å². The molecule has 2 aromatic heterocycles. The Kier molecular flexibility index (Phi) is 6.13. The molecule has 0 saturated carbocycles. The van der Waals surface area contributed by atoms with Crippen molar-refractivity contribution in [1.29, 1.82) is 0 Å². The van der Waals surface area contributed by atoms with Gasteiger partial charge in [-0.2, -0.15) is 5.10 Å². The van der Waals surface area contributed by atoms with Crippen molar-refractivity contribution in [1.82, 2.24) is 35.6 Å². The molecule has 0 aliphatic carbocycles. The van der Waals surface area contributed by atoms with E-state index in [0.29, 0.717) is 11.3 Å². The van der Waals surface area contributed by atoms with E-state index < -0.39 is 0 Å². The van der Waals surface area contributed by atoms with E-state index >= 15 is 0 Å². The summed E-state index contributed by atoms with van der Waals surface area (Å²) in [5.41, 5.74) is 8.57. The molecular weight excluding hydrogens is 448 g/mol. The molecule has 0 unspecified atom stereocenters. The van der Waals surface area contributed by atoms with E-state index in [1.54, 1.807) is 28.6 Å². The Bertz CT molecular complexity index is 1430. The van der Waals surface area contributed by atoms with Crippen LogP contribution < -0.4 is 5.43 Å². The average Bonchev–Trinajstić information content (AvgIpc) is 3.56. The minimum Gasteiger partial charge on any atom is -0.333 e. The monoisotopic (exact) mass is 468 g/mol. The number of hydrogen-bond donors (Lipinski definition) is 2. The van der Waals surface area contributed by atoms with E-state index in [2.05, 4.69) is 36.0 Å². The number of carbonyl (C=O) groups excluding carboxylic acids is 1. The molecule has 1 amide bonds. The molecule has 0 spiro atoms. The number of thioether (sulfide) groups is 1. The lowest BCUT2D eigenvalue weighted by Crippen LogP contribution is -2.19. The molecule has 0 aliphatic heterocycles. The van der Waals surface area contributed by atoms with Crippen molar-refractivity contribution in [2.75, 3.05) is 0 Å². The number of aromatic amines is 1. The zero-order chi connectivity index (χ0) is 23.3. The maximum atomic E-state index is 12.6. The van der Waals surface area contributed by atoms with E-state index in [1.807, 2.05) is 67.6 Å². The molecule has 5 aromatic rings. The lowest BCUT2D eigenvalue weighted by atomic mass is 10.1. The highest BCUT2D eigenvalue weighted by molar-refractivity contribution is 7.98. The molecule has 0 aliphatic rings. The van der Waals surface area contributed by atoms with Crippen molar-refractivity contribution in [2.24, 2.45) is 5.10 Å². The fourth-order valence-corrected chi connectivity index (χ4v) is 4.16. The van der Waals surface area contributed by atoms with Crippen LogP contribution in [-0.2, 0) is 5.75 Å². The molecule has 0 radical (unpaired) electrons. The van der Waals surface area contributed by atoms with Gasteiger partial charge in [0, 0.05) is 11.3 Å². The summed E-state index contributed by atoms with van der Waals surface area (Å²) in [4.78, 5) is 20.4. The predicted octanol–water partition coefficient (Wildman–Crippen LogP) is 3.98. The molecule has 2 heterocycles. The number of benzene rings is 3. The fourth-order valence-electron chi connectivity index (χ4n) is 3.32. The second kappa shape index (κ2) is 9.67. The highest BCUT2D eigenvalue weighted by atomic mass is 32.2. The van der Waals surface area contributed by atoms with E-state index in [1.165, 1.54) is 6.33 Å². The molecule has 0 fully saturated rings. The summed E-state index contributed by atoms with van der Waals surface area (Å²) in [5.74, 6) is 0.476. The number of rotatable bonds is 7. The van der Waals surface area contributed by atoms with Crippen LogP contribution >= 0.6 is 11.8 Å². The number of carbonyl (C=O) groups is 1.